The second-order valence-electron chi connectivity index (χ2n) is 6.16. The van der Waals surface area contributed by atoms with Gasteiger partial charge in [0, 0.05) is 19.2 Å². The molecule has 2 atom stereocenters. The third-order valence-corrected chi connectivity index (χ3v) is 3.90. The van der Waals surface area contributed by atoms with Gasteiger partial charge in [0.2, 0.25) is 11.7 Å². The second kappa shape index (κ2) is 6.21. The highest BCUT2D eigenvalue weighted by atomic mass is 16.6. The average molecular weight is 308 g/mol. The van der Waals surface area contributed by atoms with Crippen LogP contribution >= 0.6 is 0 Å². The summed E-state index contributed by atoms with van der Waals surface area (Å²) in [6.07, 6.45) is 1.05. The normalized spacial score (nSPS) is 21.6. The zero-order chi connectivity index (χ0) is 16.4. The van der Waals surface area contributed by atoms with Gasteiger partial charge in [0.15, 0.2) is 5.75 Å². The van der Waals surface area contributed by atoms with Gasteiger partial charge < -0.3 is 15.1 Å². The van der Waals surface area contributed by atoms with Crippen molar-refractivity contribution in [3.05, 3.63) is 27.8 Å². The summed E-state index contributed by atoms with van der Waals surface area (Å²) < 4.78 is 0. The molecular formula is C15H20N2O5. The Bertz CT molecular complexity index is 592. The molecule has 1 aromatic rings. The number of carbonyl (C=O) groups excluding carboxylic acids is 1. The van der Waals surface area contributed by atoms with E-state index in [9.17, 15) is 25.1 Å². The number of likely N-dealkylation sites (tertiary alicyclic amines) is 1. The van der Waals surface area contributed by atoms with Crippen molar-refractivity contribution < 1.29 is 19.9 Å². The van der Waals surface area contributed by atoms with E-state index in [0.29, 0.717) is 30.5 Å². The summed E-state index contributed by atoms with van der Waals surface area (Å²) in [5.41, 5.74) is -0.277. The minimum Gasteiger partial charge on any atom is -0.504 e. The molecule has 120 valence electrons. The summed E-state index contributed by atoms with van der Waals surface area (Å²) >= 11 is 0. The van der Waals surface area contributed by atoms with Gasteiger partial charge in [-0.25, -0.2) is 0 Å². The van der Waals surface area contributed by atoms with Gasteiger partial charge in [-0.3, -0.25) is 14.9 Å². The Morgan fingerprint density at radius 2 is 1.91 bits per heavy atom. The van der Waals surface area contributed by atoms with E-state index < -0.39 is 22.1 Å². The van der Waals surface area contributed by atoms with Crippen molar-refractivity contribution >= 4 is 11.6 Å². The van der Waals surface area contributed by atoms with E-state index >= 15 is 0 Å². The summed E-state index contributed by atoms with van der Waals surface area (Å²) in [5, 5.41) is 29.9. The highest BCUT2D eigenvalue weighted by Gasteiger charge is 2.26. The highest BCUT2D eigenvalue weighted by molar-refractivity contribution is 5.79. The quantitative estimate of drug-likeness (QED) is 0.505. The third-order valence-electron chi connectivity index (χ3n) is 3.90. The Hall–Kier alpha value is -2.31. The van der Waals surface area contributed by atoms with E-state index in [-0.39, 0.29) is 12.3 Å². The van der Waals surface area contributed by atoms with Crippen LogP contribution < -0.4 is 0 Å². The molecule has 0 bridgehead atoms. The molecule has 1 aromatic carbocycles. The fourth-order valence-corrected chi connectivity index (χ4v) is 3.06. The maximum absolute atomic E-state index is 12.3. The van der Waals surface area contributed by atoms with E-state index in [4.69, 9.17) is 0 Å². The van der Waals surface area contributed by atoms with Crippen molar-refractivity contribution in [3.8, 4) is 11.5 Å². The molecule has 0 radical (unpaired) electrons. The molecule has 1 heterocycles. The van der Waals surface area contributed by atoms with Gasteiger partial charge in [-0.2, -0.15) is 0 Å². The fraction of sp³-hybridized carbons (Fsp3) is 0.533. The molecular weight excluding hydrogens is 288 g/mol. The first-order valence-electron chi connectivity index (χ1n) is 7.25. The standard InChI is InChI=1S/C15H20N2O5/c1-9-3-10(2)8-16(7-9)14(19)6-11-4-12(17(21)22)15(20)13(18)5-11/h4-5,9-10,18,20H,3,6-8H2,1-2H3. The Labute approximate surface area is 128 Å². The van der Waals surface area contributed by atoms with E-state index in [1.54, 1.807) is 4.90 Å². The van der Waals surface area contributed by atoms with Gasteiger partial charge in [0.05, 0.1) is 11.3 Å². The van der Waals surface area contributed by atoms with Crippen molar-refractivity contribution in [3.63, 3.8) is 0 Å². The number of phenolic OH excluding ortho intramolecular Hbond substituents is 2. The third kappa shape index (κ3) is 3.47. The lowest BCUT2D eigenvalue weighted by Crippen LogP contribution is -2.43. The van der Waals surface area contributed by atoms with Crippen LogP contribution in [0.3, 0.4) is 0 Å². The first kappa shape index (κ1) is 16.1. The van der Waals surface area contributed by atoms with Crippen LogP contribution in [-0.2, 0) is 11.2 Å². The minimum atomic E-state index is -0.784. The molecule has 1 aliphatic rings. The number of nitrogens with zero attached hydrogens (tertiary/aromatic N) is 2. The van der Waals surface area contributed by atoms with Crippen LogP contribution in [-0.4, -0.2) is 39.0 Å². The lowest BCUT2D eigenvalue weighted by atomic mass is 9.91. The molecule has 2 rings (SSSR count). The number of amides is 1. The highest BCUT2D eigenvalue weighted by Crippen LogP contribution is 2.36. The lowest BCUT2D eigenvalue weighted by molar-refractivity contribution is -0.386. The van der Waals surface area contributed by atoms with E-state index in [1.807, 2.05) is 0 Å². The zero-order valence-corrected chi connectivity index (χ0v) is 12.7. The Balaban J connectivity index is 2.16. The van der Waals surface area contributed by atoms with Gasteiger partial charge >= 0.3 is 5.69 Å². The van der Waals surface area contributed by atoms with Crippen molar-refractivity contribution in [2.24, 2.45) is 11.8 Å². The Morgan fingerprint density at radius 3 is 2.45 bits per heavy atom. The van der Waals surface area contributed by atoms with Gasteiger partial charge in [-0.1, -0.05) is 13.8 Å². The van der Waals surface area contributed by atoms with Gasteiger partial charge in [-0.15, -0.1) is 0 Å². The molecule has 7 heteroatoms. The smallest absolute Gasteiger partial charge is 0.314 e. The van der Waals surface area contributed by atoms with Gasteiger partial charge in [-0.05, 0) is 29.9 Å². The monoisotopic (exact) mass is 308 g/mol. The maximum atomic E-state index is 12.3. The molecule has 1 aliphatic heterocycles. The first-order valence-corrected chi connectivity index (χ1v) is 7.25. The summed E-state index contributed by atoms with van der Waals surface area (Å²) in [7, 11) is 0. The first-order chi connectivity index (χ1) is 10.3. The molecule has 1 amide bonds. The maximum Gasteiger partial charge on any atom is 0.314 e. The number of phenols is 2. The SMILES string of the molecule is CC1CC(C)CN(C(=O)Cc2cc(O)c(O)c([N+](=O)[O-])c2)C1. The number of hydrogen-bond donors (Lipinski definition) is 2. The van der Waals surface area contributed by atoms with E-state index in [0.717, 1.165) is 12.5 Å². The van der Waals surface area contributed by atoms with Crippen LogP contribution in [0.15, 0.2) is 12.1 Å². The van der Waals surface area contributed by atoms with Gasteiger partial charge in [0.1, 0.15) is 0 Å². The molecule has 22 heavy (non-hydrogen) atoms. The molecule has 0 spiro atoms. The number of hydrogen-bond acceptors (Lipinski definition) is 5. The number of nitro groups is 1. The van der Waals surface area contributed by atoms with Crippen molar-refractivity contribution in [2.45, 2.75) is 26.7 Å². The Morgan fingerprint density at radius 1 is 1.32 bits per heavy atom. The molecule has 1 fully saturated rings. The fourth-order valence-electron chi connectivity index (χ4n) is 3.06. The van der Waals surface area contributed by atoms with Crippen molar-refractivity contribution in [1.29, 1.82) is 0 Å². The number of aromatic hydroxyl groups is 2. The number of carbonyl (C=O) groups is 1. The van der Waals surface area contributed by atoms with Crippen LogP contribution in [0.1, 0.15) is 25.8 Å². The summed E-state index contributed by atoms with van der Waals surface area (Å²) in [6.45, 7) is 5.53. The number of benzene rings is 1. The van der Waals surface area contributed by atoms with Crippen LogP contribution in [0.4, 0.5) is 5.69 Å². The largest absolute Gasteiger partial charge is 0.504 e. The zero-order valence-electron chi connectivity index (χ0n) is 12.7. The number of nitro benzene ring substituents is 1. The van der Waals surface area contributed by atoms with Crippen LogP contribution in [0.25, 0.3) is 0 Å². The molecule has 0 saturated carbocycles. The summed E-state index contributed by atoms with van der Waals surface area (Å²) in [6, 6.07) is 2.32. The van der Waals surface area contributed by atoms with Crippen molar-refractivity contribution in [1.82, 2.24) is 4.90 Å². The average Bonchev–Trinajstić information content (AvgIpc) is 2.41. The summed E-state index contributed by atoms with van der Waals surface area (Å²) in [5.74, 6) is -0.637. The van der Waals surface area contributed by atoms with Crippen molar-refractivity contribution in [2.75, 3.05) is 13.1 Å². The predicted octanol–water partition coefficient (Wildman–Crippen LogP) is 2.05. The lowest BCUT2D eigenvalue weighted by Gasteiger charge is -2.35. The van der Waals surface area contributed by atoms with E-state index in [2.05, 4.69) is 13.8 Å². The van der Waals surface area contributed by atoms with E-state index in [1.165, 1.54) is 6.07 Å². The molecule has 2 unspecified atom stereocenters. The molecule has 2 N–H and O–H groups in total. The molecule has 0 aliphatic carbocycles. The minimum absolute atomic E-state index is 0.0336. The summed E-state index contributed by atoms with van der Waals surface area (Å²) in [4.78, 5) is 24.2. The van der Waals surface area contributed by atoms with Crippen LogP contribution in [0.2, 0.25) is 0 Å². The number of rotatable bonds is 3. The molecule has 1 saturated heterocycles. The van der Waals surface area contributed by atoms with Crippen LogP contribution in [0.5, 0.6) is 11.5 Å². The molecule has 7 nitrogen and oxygen atoms in total. The van der Waals surface area contributed by atoms with Gasteiger partial charge in [0.25, 0.3) is 0 Å². The molecule has 0 aromatic heterocycles. The second-order valence-corrected chi connectivity index (χ2v) is 6.16. The number of piperidine rings is 1. The van der Waals surface area contributed by atoms with Crippen LogP contribution in [0, 0.1) is 22.0 Å². The predicted molar refractivity (Wildman–Crippen MR) is 79.7 cm³/mol. The topological polar surface area (TPSA) is 104 Å². The Kier molecular flexibility index (Phi) is 4.54.